The van der Waals surface area contributed by atoms with Crippen LogP contribution in [0.2, 0.25) is 5.02 Å². The molecule has 1 saturated carbocycles. The SMILES string of the molecule is O=C(O)C1CCC2N=C(c3ccc(Cl)cc3)SC2C1. The second-order valence-corrected chi connectivity index (χ2v) is 6.68. The number of hydrogen-bond acceptors (Lipinski definition) is 3. The summed E-state index contributed by atoms with van der Waals surface area (Å²) in [6.07, 6.45) is 2.35. The van der Waals surface area contributed by atoms with Crippen LogP contribution in [0, 0.1) is 5.92 Å². The Balaban J connectivity index is 1.75. The Morgan fingerprint density at radius 1 is 1.32 bits per heavy atom. The van der Waals surface area contributed by atoms with Crippen molar-refractivity contribution in [3.63, 3.8) is 0 Å². The predicted octanol–water partition coefficient (Wildman–Crippen LogP) is 3.46. The summed E-state index contributed by atoms with van der Waals surface area (Å²) in [5, 5.41) is 11.2. The number of aliphatic carboxylic acids is 1. The maximum absolute atomic E-state index is 11.1. The topological polar surface area (TPSA) is 49.7 Å². The summed E-state index contributed by atoms with van der Waals surface area (Å²) in [7, 11) is 0. The second kappa shape index (κ2) is 5.17. The fraction of sp³-hybridized carbons (Fsp3) is 0.429. The standard InChI is InChI=1S/C14H14ClNO2S/c15-10-4-1-8(2-5-10)13-16-11-6-3-9(14(17)18)7-12(11)19-13/h1-2,4-5,9,11-12H,3,6-7H2,(H,17,18). The van der Waals surface area contributed by atoms with E-state index in [1.54, 1.807) is 11.8 Å². The van der Waals surface area contributed by atoms with Crippen molar-refractivity contribution >= 4 is 34.4 Å². The number of fused-ring (bicyclic) bond motifs is 1. The van der Waals surface area contributed by atoms with Gasteiger partial charge in [0.2, 0.25) is 0 Å². The molecule has 0 spiro atoms. The van der Waals surface area contributed by atoms with Crippen LogP contribution in [-0.2, 0) is 4.79 Å². The first-order chi connectivity index (χ1) is 9.13. The van der Waals surface area contributed by atoms with E-state index < -0.39 is 5.97 Å². The van der Waals surface area contributed by atoms with E-state index in [9.17, 15) is 4.79 Å². The van der Waals surface area contributed by atoms with Gasteiger partial charge in [0.05, 0.1) is 17.0 Å². The minimum absolute atomic E-state index is 0.200. The van der Waals surface area contributed by atoms with E-state index in [0.29, 0.717) is 5.25 Å². The molecule has 1 aliphatic heterocycles. The molecule has 0 radical (unpaired) electrons. The molecule has 2 aliphatic rings. The second-order valence-electron chi connectivity index (χ2n) is 5.01. The maximum Gasteiger partial charge on any atom is 0.306 e. The van der Waals surface area contributed by atoms with Crippen LogP contribution in [0.1, 0.15) is 24.8 Å². The lowest BCUT2D eigenvalue weighted by molar-refractivity contribution is -0.142. The lowest BCUT2D eigenvalue weighted by Gasteiger charge is -2.27. The monoisotopic (exact) mass is 295 g/mol. The van der Waals surface area contributed by atoms with E-state index in [0.717, 1.165) is 34.9 Å². The van der Waals surface area contributed by atoms with Gasteiger partial charge >= 0.3 is 5.97 Å². The highest BCUT2D eigenvalue weighted by molar-refractivity contribution is 8.15. The van der Waals surface area contributed by atoms with E-state index in [-0.39, 0.29) is 12.0 Å². The quantitative estimate of drug-likeness (QED) is 0.909. The van der Waals surface area contributed by atoms with Gasteiger partial charge in [0.15, 0.2) is 0 Å². The van der Waals surface area contributed by atoms with Gasteiger partial charge in [-0.05, 0) is 31.4 Å². The van der Waals surface area contributed by atoms with Crippen LogP contribution in [0.4, 0.5) is 0 Å². The van der Waals surface area contributed by atoms with Crippen LogP contribution in [0.25, 0.3) is 0 Å². The Labute approximate surface area is 121 Å². The number of halogens is 1. The molecular formula is C14H14ClNO2S. The van der Waals surface area contributed by atoms with E-state index >= 15 is 0 Å². The van der Waals surface area contributed by atoms with E-state index in [1.165, 1.54) is 0 Å². The first kappa shape index (κ1) is 13.0. The molecule has 0 amide bonds. The van der Waals surface area contributed by atoms with Crippen molar-refractivity contribution in [1.29, 1.82) is 0 Å². The Bertz CT molecular complexity index is 529. The van der Waals surface area contributed by atoms with Crippen molar-refractivity contribution in [2.45, 2.75) is 30.6 Å². The third-order valence-corrected chi connectivity index (χ3v) is 5.37. The number of carboxylic acid groups (broad SMARTS) is 1. The zero-order valence-corrected chi connectivity index (χ0v) is 11.8. The molecule has 1 aliphatic carbocycles. The highest BCUT2D eigenvalue weighted by Crippen LogP contribution is 2.41. The number of thioether (sulfide) groups is 1. The van der Waals surface area contributed by atoms with Crippen molar-refractivity contribution < 1.29 is 9.90 Å². The maximum atomic E-state index is 11.1. The molecule has 1 N–H and O–H groups in total. The largest absolute Gasteiger partial charge is 0.481 e. The van der Waals surface area contributed by atoms with Crippen LogP contribution in [0.15, 0.2) is 29.3 Å². The molecule has 3 rings (SSSR count). The summed E-state index contributed by atoms with van der Waals surface area (Å²) < 4.78 is 0. The van der Waals surface area contributed by atoms with Gasteiger partial charge in [-0.2, -0.15) is 0 Å². The summed E-state index contributed by atoms with van der Waals surface area (Å²) in [6, 6.07) is 7.95. The Hall–Kier alpha value is -1.000. The van der Waals surface area contributed by atoms with Crippen molar-refractivity contribution in [3.05, 3.63) is 34.9 Å². The smallest absolute Gasteiger partial charge is 0.306 e. The molecule has 19 heavy (non-hydrogen) atoms. The van der Waals surface area contributed by atoms with Crippen LogP contribution in [-0.4, -0.2) is 27.4 Å². The molecule has 0 aromatic heterocycles. The molecule has 1 heterocycles. The van der Waals surface area contributed by atoms with Crippen molar-refractivity contribution in [1.82, 2.24) is 0 Å². The first-order valence-corrected chi connectivity index (χ1v) is 7.62. The average Bonchev–Trinajstić information content (AvgIpc) is 2.82. The lowest BCUT2D eigenvalue weighted by atomic mass is 9.86. The number of hydrogen-bond donors (Lipinski definition) is 1. The number of rotatable bonds is 2. The highest BCUT2D eigenvalue weighted by Gasteiger charge is 2.38. The fourth-order valence-corrected chi connectivity index (χ4v) is 4.24. The van der Waals surface area contributed by atoms with Crippen molar-refractivity contribution in [3.8, 4) is 0 Å². The number of carbonyl (C=O) groups is 1. The normalized spacial score (nSPS) is 29.7. The van der Waals surface area contributed by atoms with Crippen LogP contribution in [0.5, 0.6) is 0 Å². The van der Waals surface area contributed by atoms with Crippen LogP contribution >= 0.6 is 23.4 Å². The molecule has 3 unspecified atom stereocenters. The zero-order chi connectivity index (χ0) is 13.4. The summed E-state index contributed by atoms with van der Waals surface area (Å²) in [5.74, 6) is -0.868. The Morgan fingerprint density at radius 2 is 2.05 bits per heavy atom. The van der Waals surface area contributed by atoms with Gasteiger partial charge in [-0.3, -0.25) is 9.79 Å². The first-order valence-electron chi connectivity index (χ1n) is 6.36. The number of carboxylic acids is 1. The van der Waals surface area contributed by atoms with Gasteiger partial charge < -0.3 is 5.11 Å². The van der Waals surface area contributed by atoms with Gasteiger partial charge in [-0.1, -0.05) is 23.7 Å². The minimum atomic E-state index is -0.668. The molecule has 0 bridgehead atoms. The van der Waals surface area contributed by atoms with Gasteiger partial charge in [-0.25, -0.2) is 0 Å². The lowest BCUT2D eigenvalue weighted by Crippen LogP contribution is -2.31. The molecule has 3 nitrogen and oxygen atoms in total. The summed E-state index contributed by atoms with van der Waals surface area (Å²) >= 11 is 7.60. The van der Waals surface area contributed by atoms with Gasteiger partial charge in [-0.15, -0.1) is 11.8 Å². The third kappa shape index (κ3) is 2.65. The third-order valence-electron chi connectivity index (χ3n) is 3.74. The van der Waals surface area contributed by atoms with Gasteiger partial charge in [0.1, 0.15) is 0 Å². The van der Waals surface area contributed by atoms with Crippen molar-refractivity contribution in [2.24, 2.45) is 10.9 Å². The minimum Gasteiger partial charge on any atom is -0.481 e. The molecule has 1 fully saturated rings. The Kier molecular flexibility index (Phi) is 3.54. The highest BCUT2D eigenvalue weighted by atomic mass is 35.5. The number of benzene rings is 1. The number of aliphatic imine (C=N–C) groups is 1. The summed E-state index contributed by atoms with van der Waals surface area (Å²) in [6.45, 7) is 0. The van der Waals surface area contributed by atoms with Crippen LogP contribution < -0.4 is 0 Å². The molecule has 5 heteroatoms. The van der Waals surface area contributed by atoms with Crippen molar-refractivity contribution in [2.75, 3.05) is 0 Å². The molecular weight excluding hydrogens is 282 g/mol. The molecule has 100 valence electrons. The van der Waals surface area contributed by atoms with Gasteiger partial charge in [0, 0.05) is 15.8 Å². The molecule has 0 saturated heterocycles. The predicted molar refractivity (Wildman–Crippen MR) is 78.1 cm³/mol. The molecule has 1 aromatic carbocycles. The van der Waals surface area contributed by atoms with Gasteiger partial charge in [0.25, 0.3) is 0 Å². The molecule has 3 atom stereocenters. The van der Waals surface area contributed by atoms with E-state index in [2.05, 4.69) is 0 Å². The molecule has 1 aromatic rings. The average molecular weight is 296 g/mol. The zero-order valence-electron chi connectivity index (χ0n) is 10.3. The van der Waals surface area contributed by atoms with E-state index in [1.807, 2.05) is 24.3 Å². The van der Waals surface area contributed by atoms with Crippen LogP contribution in [0.3, 0.4) is 0 Å². The van der Waals surface area contributed by atoms with E-state index in [4.69, 9.17) is 21.7 Å². The fourth-order valence-electron chi connectivity index (χ4n) is 2.67. The number of nitrogens with zero attached hydrogens (tertiary/aromatic N) is 1. The summed E-state index contributed by atoms with van der Waals surface area (Å²) in [5.41, 5.74) is 1.08. The Morgan fingerprint density at radius 3 is 2.74 bits per heavy atom. The summed E-state index contributed by atoms with van der Waals surface area (Å²) in [4.78, 5) is 15.8.